The molecule has 7 heteroatoms. The van der Waals surface area contributed by atoms with Crippen LogP contribution in [-0.4, -0.2) is 67.5 Å². The number of hydrogen-bond donors (Lipinski definition) is 0. The molecule has 0 radical (unpaired) electrons. The molecular formula is C19H30N6O. The highest BCUT2D eigenvalue weighted by molar-refractivity contribution is 5.76. The molecule has 2 aromatic rings. The maximum Gasteiger partial charge on any atom is 0.223 e. The van der Waals surface area contributed by atoms with Crippen molar-refractivity contribution in [2.24, 2.45) is 7.05 Å². The second-order valence-corrected chi connectivity index (χ2v) is 7.12. The minimum Gasteiger partial charge on any atom is -0.341 e. The zero-order valence-electron chi connectivity index (χ0n) is 15.9. The van der Waals surface area contributed by atoms with Gasteiger partial charge in [0.05, 0.1) is 0 Å². The Kier molecular flexibility index (Phi) is 6.44. The third kappa shape index (κ3) is 4.94. The van der Waals surface area contributed by atoms with Crippen molar-refractivity contribution in [1.29, 1.82) is 0 Å². The van der Waals surface area contributed by atoms with Crippen LogP contribution in [0, 0.1) is 0 Å². The Hall–Kier alpha value is -2.15. The highest BCUT2D eigenvalue weighted by atomic mass is 16.2. The Bertz CT molecular complexity index is 680. The molecule has 1 unspecified atom stereocenters. The Morgan fingerprint density at radius 1 is 1.19 bits per heavy atom. The lowest BCUT2D eigenvalue weighted by Gasteiger charge is -2.28. The van der Waals surface area contributed by atoms with E-state index in [1.54, 1.807) is 6.20 Å². The molecule has 1 aliphatic rings. The number of amides is 1. The van der Waals surface area contributed by atoms with Crippen molar-refractivity contribution < 1.29 is 4.79 Å². The molecule has 0 spiro atoms. The van der Waals surface area contributed by atoms with Gasteiger partial charge in [-0.25, -0.2) is 0 Å². The van der Waals surface area contributed by atoms with E-state index in [0.717, 1.165) is 57.7 Å². The molecule has 1 fully saturated rings. The van der Waals surface area contributed by atoms with E-state index in [4.69, 9.17) is 0 Å². The Balaban J connectivity index is 1.43. The van der Waals surface area contributed by atoms with Crippen molar-refractivity contribution in [3.63, 3.8) is 0 Å². The van der Waals surface area contributed by atoms with E-state index in [2.05, 4.69) is 22.0 Å². The average molecular weight is 358 g/mol. The first-order valence-electron chi connectivity index (χ1n) is 9.59. The van der Waals surface area contributed by atoms with Crippen LogP contribution in [0.25, 0.3) is 0 Å². The van der Waals surface area contributed by atoms with E-state index >= 15 is 0 Å². The Morgan fingerprint density at radius 3 is 2.81 bits per heavy atom. The van der Waals surface area contributed by atoms with Crippen LogP contribution in [0.2, 0.25) is 0 Å². The van der Waals surface area contributed by atoms with Gasteiger partial charge in [0.2, 0.25) is 5.91 Å². The lowest BCUT2D eigenvalue weighted by atomic mass is 10.2. The van der Waals surface area contributed by atoms with Crippen LogP contribution in [0.3, 0.4) is 0 Å². The SMILES string of the molecule is CC(CCn1cccn1)N1CCCN(C(=O)CCc2ccnn2C)CC1. The monoisotopic (exact) mass is 358 g/mol. The third-order valence-electron chi connectivity index (χ3n) is 5.36. The summed E-state index contributed by atoms with van der Waals surface area (Å²) < 4.78 is 3.83. The molecule has 0 aromatic carbocycles. The lowest BCUT2D eigenvalue weighted by Crippen LogP contribution is -2.38. The van der Waals surface area contributed by atoms with E-state index in [9.17, 15) is 4.79 Å². The van der Waals surface area contributed by atoms with Crippen LogP contribution in [0.4, 0.5) is 0 Å². The van der Waals surface area contributed by atoms with Gasteiger partial charge in [0.25, 0.3) is 0 Å². The number of hydrogen-bond acceptors (Lipinski definition) is 4. The fourth-order valence-electron chi connectivity index (χ4n) is 3.60. The predicted molar refractivity (Wildman–Crippen MR) is 101 cm³/mol. The van der Waals surface area contributed by atoms with Crippen LogP contribution >= 0.6 is 0 Å². The summed E-state index contributed by atoms with van der Waals surface area (Å²) in [4.78, 5) is 17.1. The molecule has 26 heavy (non-hydrogen) atoms. The van der Waals surface area contributed by atoms with Gasteiger partial charge in [-0.15, -0.1) is 0 Å². The van der Waals surface area contributed by atoms with Crippen molar-refractivity contribution in [2.75, 3.05) is 26.2 Å². The van der Waals surface area contributed by atoms with Crippen molar-refractivity contribution in [2.45, 2.75) is 45.2 Å². The zero-order valence-corrected chi connectivity index (χ0v) is 15.9. The first kappa shape index (κ1) is 18.6. The number of aromatic nitrogens is 4. The number of carbonyl (C=O) groups excluding carboxylic acids is 1. The van der Waals surface area contributed by atoms with Crippen LogP contribution in [0.15, 0.2) is 30.7 Å². The molecule has 0 bridgehead atoms. The largest absolute Gasteiger partial charge is 0.341 e. The molecule has 1 amide bonds. The van der Waals surface area contributed by atoms with E-state index in [0.29, 0.717) is 12.5 Å². The van der Waals surface area contributed by atoms with Gasteiger partial charge in [-0.2, -0.15) is 10.2 Å². The second kappa shape index (κ2) is 8.98. The van der Waals surface area contributed by atoms with E-state index in [1.165, 1.54) is 0 Å². The molecular weight excluding hydrogens is 328 g/mol. The quantitative estimate of drug-likeness (QED) is 0.754. The van der Waals surface area contributed by atoms with Crippen LogP contribution in [0.1, 0.15) is 31.9 Å². The zero-order chi connectivity index (χ0) is 18.4. The fourth-order valence-corrected chi connectivity index (χ4v) is 3.60. The van der Waals surface area contributed by atoms with Gasteiger partial charge in [0, 0.05) is 76.5 Å². The smallest absolute Gasteiger partial charge is 0.223 e. The maximum atomic E-state index is 12.6. The van der Waals surface area contributed by atoms with E-state index in [1.807, 2.05) is 45.8 Å². The molecule has 1 atom stereocenters. The molecule has 142 valence electrons. The standard InChI is InChI=1S/C19H30N6O/c1-17(8-14-25-13-3-9-21-25)23-11-4-12-24(16-15-23)19(26)6-5-18-7-10-20-22(18)2/h3,7,9-10,13,17H,4-6,8,11-12,14-16H2,1-2H3. The molecule has 3 heterocycles. The number of carbonyl (C=O) groups is 1. The summed E-state index contributed by atoms with van der Waals surface area (Å²) >= 11 is 0. The van der Waals surface area contributed by atoms with Gasteiger partial charge in [-0.05, 0) is 38.3 Å². The van der Waals surface area contributed by atoms with Gasteiger partial charge >= 0.3 is 0 Å². The number of nitrogens with zero attached hydrogens (tertiary/aromatic N) is 6. The predicted octanol–water partition coefficient (Wildman–Crippen LogP) is 1.56. The van der Waals surface area contributed by atoms with Crippen molar-refractivity contribution >= 4 is 5.91 Å². The average Bonchev–Trinajstić information content (AvgIpc) is 3.23. The second-order valence-electron chi connectivity index (χ2n) is 7.12. The van der Waals surface area contributed by atoms with Crippen LogP contribution < -0.4 is 0 Å². The van der Waals surface area contributed by atoms with Gasteiger partial charge in [0.15, 0.2) is 0 Å². The Labute approximate surface area is 155 Å². The van der Waals surface area contributed by atoms with E-state index in [-0.39, 0.29) is 5.91 Å². The molecule has 3 rings (SSSR count). The molecule has 0 aliphatic carbocycles. The van der Waals surface area contributed by atoms with E-state index < -0.39 is 0 Å². The number of rotatable bonds is 7. The first-order valence-corrected chi connectivity index (χ1v) is 9.59. The molecule has 0 N–H and O–H groups in total. The summed E-state index contributed by atoms with van der Waals surface area (Å²) in [6.07, 6.45) is 9.07. The van der Waals surface area contributed by atoms with Crippen LogP contribution in [0.5, 0.6) is 0 Å². The van der Waals surface area contributed by atoms with Crippen LogP contribution in [-0.2, 0) is 24.8 Å². The topological polar surface area (TPSA) is 59.2 Å². The first-order chi connectivity index (χ1) is 12.6. The summed E-state index contributed by atoms with van der Waals surface area (Å²) in [6.45, 7) is 6.94. The summed E-state index contributed by atoms with van der Waals surface area (Å²) in [6, 6.07) is 4.45. The third-order valence-corrected chi connectivity index (χ3v) is 5.36. The molecule has 0 saturated carbocycles. The molecule has 7 nitrogen and oxygen atoms in total. The normalized spacial score (nSPS) is 17.2. The van der Waals surface area contributed by atoms with Crippen molar-refractivity contribution in [1.82, 2.24) is 29.4 Å². The highest BCUT2D eigenvalue weighted by Gasteiger charge is 2.22. The van der Waals surface area contributed by atoms with Gasteiger partial charge in [-0.1, -0.05) is 0 Å². The van der Waals surface area contributed by atoms with Crippen molar-refractivity contribution in [3.8, 4) is 0 Å². The maximum absolute atomic E-state index is 12.6. The summed E-state index contributed by atoms with van der Waals surface area (Å²) in [5.41, 5.74) is 1.11. The van der Waals surface area contributed by atoms with Gasteiger partial charge in [-0.3, -0.25) is 19.1 Å². The molecule has 2 aromatic heterocycles. The summed E-state index contributed by atoms with van der Waals surface area (Å²) in [5.74, 6) is 0.261. The fraction of sp³-hybridized carbons (Fsp3) is 0.632. The van der Waals surface area contributed by atoms with Gasteiger partial charge < -0.3 is 4.90 Å². The minimum absolute atomic E-state index is 0.261. The van der Waals surface area contributed by atoms with Crippen molar-refractivity contribution in [3.05, 3.63) is 36.4 Å². The number of aryl methyl sites for hydroxylation is 3. The minimum atomic E-state index is 0.261. The Morgan fingerprint density at radius 2 is 2.08 bits per heavy atom. The van der Waals surface area contributed by atoms with Gasteiger partial charge in [0.1, 0.15) is 0 Å². The highest BCUT2D eigenvalue weighted by Crippen LogP contribution is 2.12. The summed E-state index contributed by atoms with van der Waals surface area (Å²) in [7, 11) is 1.92. The molecule has 1 saturated heterocycles. The molecule has 1 aliphatic heterocycles. The summed E-state index contributed by atoms with van der Waals surface area (Å²) in [5, 5.41) is 8.44. The lowest BCUT2D eigenvalue weighted by molar-refractivity contribution is -0.131.